The minimum Gasteiger partial charge on any atom is -0.497 e. The van der Waals surface area contributed by atoms with Gasteiger partial charge >= 0.3 is 0 Å². The van der Waals surface area contributed by atoms with E-state index in [1.807, 2.05) is 26.1 Å². The highest BCUT2D eigenvalue weighted by Crippen LogP contribution is 2.23. The Kier molecular flexibility index (Phi) is 12.6. The van der Waals surface area contributed by atoms with Gasteiger partial charge in [0.2, 0.25) is 5.91 Å². The lowest BCUT2D eigenvalue weighted by molar-refractivity contribution is -0.124. The van der Waals surface area contributed by atoms with Crippen LogP contribution in [0.3, 0.4) is 0 Å². The Balaban J connectivity index is 0.00000312. The second-order valence-corrected chi connectivity index (χ2v) is 6.14. The lowest BCUT2D eigenvalue weighted by Gasteiger charge is -2.35. The Bertz CT molecular complexity index is 511. The van der Waals surface area contributed by atoms with Crippen LogP contribution in [0, 0.1) is 5.92 Å². The fourth-order valence-corrected chi connectivity index (χ4v) is 2.94. The molecule has 8 heteroatoms. The third-order valence-corrected chi connectivity index (χ3v) is 4.41. The number of hydrogen-bond acceptors (Lipinski definition) is 5. The topological polar surface area (TPSA) is 62.8 Å². The van der Waals surface area contributed by atoms with Crippen LogP contribution >= 0.6 is 24.8 Å². The molecule has 150 valence electrons. The van der Waals surface area contributed by atoms with Gasteiger partial charge in [0.1, 0.15) is 5.75 Å². The molecule has 1 aliphatic rings. The zero-order valence-electron chi connectivity index (χ0n) is 15.7. The number of carbonyl (C=O) groups excluding carboxylic acids is 1. The first kappa shape index (κ1) is 24.9. The number of ether oxygens (including phenoxy) is 2. The van der Waals surface area contributed by atoms with E-state index >= 15 is 0 Å². The molecule has 0 bridgehead atoms. The summed E-state index contributed by atoms with van der Waals surface area (Å²) in [6.45, 7) is 6.42. The number of hydrogen-bond donors (Lipinski definition) is 2. The van der Waals surface area contributed by atoms with E-state index in [2.05, 4.69) is 27.7 Å². The number of morpholine rings is 1. The number of rotatable bonds is 8. The van der Waals surface area contributed by atoms with Crippen molar-refractivity contribution >= 4 is 30.7 Å². The predicted molar refractivity (Wildman–Crippen MR) is 109 cm³/mol. The minimum atomic E-state index is -0.0452. The van der Waals surface area contributed by atoms with Crippen LogP contribution in [-0.4, -0.2) is 64.4 Å². The van der Waals surface area contributed by atoms with Crippen LogP contribution < -0.4 is 15.4 Å². The minimum absolute atomic E-state index is 0. The van der Waals surface area contributed by atoms with Crippen LogP contribution in [-0.2, 0) is 9.53 Å². The van der Waals surface area contributed by atoms with Crippen molar-refractivity contribution in [2.24, 2.45) is 5.92 Å². The Morgan fingerprint density at radius 2 is 1.81 bits per heavy atom. The van der Waals surface area contributed by atoms with Gasteiger partial charge in [-0.1, -0.05) is 19.1 Å². The molecule has 26 heavy (non-hydrogen) atoms. The maximum atomic E-state index is 12.2. The first-order valence-corrected chi connectivity index (χ1v) is 8.53. The van der Waals surface area contributed by atoms with Crippen LogP contribution in [0.5, 0.6) is 5.75 Å². The van der Waals surface area contributed by atoms with Crippen LogP contribution in [0.1, 0.15) is 18.5 Å². The molecule has 1 aromatic carbocycles. The fraction of sp³-hybridized carbons (Fsp3) is 0.611. The summed E-state index contributed by atoms with van der Waals surface area (Å²) in [6.07, 6.45) is 0. The van der Waals surface area contributed by atoms with Crippen molar-refractivity contribution in [2.45, 2.75) is 13.0 Å². The van der Waals surface area contributed by atoms with E-state index in [9.17, 15) is 4.79 Å². The average Bonchev–Trinajstić information content (AvgIpc) is 2.63. The molecule has 1 fully saturated rings. The van der Waals surface area contributed by atoms with Crippen LogP contribution in [0.15, 0.2) is 24.3 Å². The molecule has 1 heterocycles. The fourth-order valence-electron chi connectivity index (χ4n) is 2.94. The van der Waals surface area contributed by atoms with Crippen molar-refractivity contribution in [3.8, 4) is 5.75 Å². The van der Waals surface area contributed by atoms with Gasteiger partial charge in [-0.25, -0.2) is 0 Å². The van der Waals surface area contributed by atoms with Gasteiger partial charge in [-0.05, 0) is 24.7 Å². The standard InChI is InChI=1S/C18H29N3O3.2ClH/c1-14(12-19-2)18(22)20-13-17(21-8-10-24-11-9-21)15-4-6-16(23-3)7-5-15;;/h4-7,14,17,19H,8-13H2,1-3H3,(H,20,22);2*1H. The molecule has 0 spiro atoms. The summed E-state index contributed by atoms with van der Waals surface area (Å²) in [7, 11) is 3.52. The Morgan fingerprint density at radius 3 is 2.35 bits per heavy atom. The summed E-state index contributed by atoms with van der Waals surface area (Å²) in [6, 6.07) is 8.22. The van der Waals surface area contributed by atoms with E-state index in [1.54, 1.807) is 7.11 Å². The van der Waals surface area contributed by atoms with Crippen molar-refractivity contribution in [1.82, 2.24) is 15.5 Å². The van der Waals surface area contributed by atoms with Crippen molar-refractivity contribution < 1.29 is 14.3 Å². The molecule has 0 radical (unpaired) electrons. The predicted octanol–water partition coefficient (Wildman–Crippen LogP) is 1.88. The summed E-state index contributed by atoms with van der Waals surface area (Å²) in [5.74, 6) is 0.874. The highest BCUT2D eigenvalue weighted by Gasteiger charge is 2.24. The number of halogens is 2. The molecular weight excluding hydrogens is 377 g/mol. The summed E-state index contributed by atoms with van der Waals surface area (Å²) < 4.78 is 10.7. The summed E-state index contributed by atoms with van der Waals surface area (Å²) in [5, 5.41) is 6.14. The number of nitrogens with zero attached hydrogens (tertiary/aromatic N) is 1. The molecule has 1 aliphatic heterocycles. The molecule has 1 aromatic rings. The molecular formula is C18H31Cl2N3O3. The third kappa shape index (κ3) is 7.29. The van der Waals surface area contributed by atoms with E-state index in [0.29, 0.717) is 13.1 Å². The SMILES string of the molecule is CNCC(C)C(=O)NCC(c1ccc(OC)cc1)N1CCOCC1.Cl.Cl. The average molecular weight is 408 g/mol. The second-order valence-electron chi connectivity index (χ2n) is 6.14. The van der Waals surface area contributed by atoms with E-state index in [4.69, 9.17) is 9.47 Å². The Morgan fingerprint density at radius 1 is 1.19 bits per heavy atom. The van der Waals surface area contributed by atoms with Crippen molar-refractivity contribution in [3.05, 3.63) is 29.8 Å². The largest absolute Gasteiger partial charge is 0.497 e. The maximum absolute atomic E-state index is 12.2. The van der Waals surface area contributed by atoms with Crippen LogP contribution in [0.2, 0.25) is 0 Å². The third-order valence-electron chi connectivity index (χ3n) is 4.41. The molecule has 2 N–H and O–H groups in total. The lowest BCUT2D eigenvalue weighted by Crippen LogP contribution is -2.45. The van der Waals surface area contributed by atoms with Gasteiger partial charge in [0, 0.05) is 32.1 Å². The molecule has 0 aromatic heterocycles. The second kappa shape index (κ2) is 13.2. The van der Waals surface area contributed by atoms with Gasteiger partial charge in [0.25, 0.3) is 0 Å². The van der Waals surface area contributed by atoms with Crippen LogP contribution in [0.4, 0.5) is 0 Å². The normalized spacial score (nSPS) is 16.6. The molecule has 1 saturated heterocycles. The molecule has 2 unspecified atom stereocenters. The number of carbonyl (C=O) groups is 1. The zero-order chi connectivity index (χ0) is 17.4. The van der Waals surface area contributed by atoms with Crippen molar-refractivity contribution in [2.75, 3.05) is 53.6 Å². The highest BCUT2D eigenvalue weighted by molar-refractivity contribution is 5.85. The first-order valence-electron chi connectivity index (χ1n) is 8.53. The molecule has 0 aliphatic carbocycles. The zero-order valence-corrected chi connectivity index (χ0v) is 17.3. The molecule has 6 nitrogen and oxygen atoms in total. The van der Waals surface area contributed by atoms with Gasteiger partial charge in [0.15, 0.2) is 0 Å². The van der Waals surface area contributed by atoms with Crippen molar-refractivity contribution in [1.29, 1.82) is 0 Å². The number of nitrogens with one attached hydrogen (secondary N) is 2. The molecule has 2 atom stereocenters. The van der Waals surface area contributed by atoms with Gasteiger partial charge in [0.05, 0.1) is 26.4 Å². The van der Waals surface area contributed by atoms with E-state index in [0.717, 1.165) is 32.1 Å². The van der Waals surface area contributed by atoms with E-state index in [-0.39, 0.29) is 42.7 Å². The van der Waals surface area contributed by atoms with Crippen molar-refractivity contribution in [3.63, 3.8) is 0 Å². The number of methoxy groups -OCH3 is 1. The van der Waals surface area contributed by atoms with E-state index in [1.165, 1.54) is 5.56 Å². The maximum Gasteiger partial charge on any atom is 0.224 e. The van der Waals surface area contributed by atoms with E-state index < -0.39 is 0 Å². The monoisotopic (exact) mass is 407 g/mol. The summed E-state index contributed by atoms with van der Waals surface area (Å²) >= 11 is 0. The van der Waals surface area contributed by atoms with Gasteiger partial charge in [-0.15, -0.1) is 24.8 Å². The Labute approximate surface area is 168 Å². The van der Waals surface area contributed by atoms with Gasteiger partial charge in [-0.3, -0.25) is 9.69 Å². The smallest absolute Gasteiger partial charge is 0.224 e. The lowest BCUT2D eigenvalue weighted by atomic mass is 10.0. The number of amides is 1. The molecule has 2 rings (SSSR count). The van der Waals surface area contributed by atoms with Crippen LogP contribution in [0.25, 0.3) is 0 Å². The first-order chi connectivity index (χ1) is 11.7. The van der Waals surface area contributed by atoms with Gasteiger partial charge in [-0.2, -0.15) is 0 Å². The molecule has 1 amide bonds. The number of benzene rings is 1. The summed E-state index contributed by atoms with van der Waals surface area (Å²) in [4.78, 5) is 14.6. The molecule has 0 saturated carbocycles. The quantitative estimate of drug-likeness (QED) is 0.688. The highest BCUT2D eigenvalue weighted by atomic mass is 35.5. The summed E-state index contributed by atoms with van der Waals surface area (Å²) in [5.41, 5.74) is 1.18. The van der Waals surface area contributed by atoms with Gasteiger partial charge < -0.3 is 20.1 Å². The Hall–Kier alpha value is -1.05.